The number of carbonyl (C=O) groups excluding carboxylic acids is 2. The summed E-state index contributed by atoms with van der Waals surface area (Å²) in [5.74, 6) is -0.925. The highest BCUT2D eigenvalue weighted by Gasteiger charge is 2.32. The maximum atomic E-state index is 13.7. The molecule has 0 heterocycles. The highest BCUT2D eigenvalue weighted by atomic mass is 35.5. The Morgan fingerprint density at radius 2 is 1.56 bits per heavy atom. The van der Waals surface area contributed by atoms with Crippen molar-refractivity contribution in [1.29, 1.82) is 0 Å². The zero-order valence-electron chi connectivity index (χ0n) is 20.4. The first-order valence-electron chi connectivity index (χ1n) is 11.2. The van der Waals surface area contributed by atoms with Crippen LogP contribution in [0.4, 0.5) is 5.69 Å². The molecule has 0 aromatic heterocycles. The molecule has 2 rings (SSSR count). The van der Waals surface area contributed by atoms with Crippen LogP contribution in [0, 0.1) is 0 Å². The summed E-state index contributed by atoms with van der Waals surface area (Å²) in [4.78, 5) is 28.1. The second-order valence-corrected chi connectivity index (χ2v) is 12.0. The highest BCUT2D eigenvalue weighted by Crippen LogP contribution is 2.28. The van der Waals surface area contributed by atoms with Crippen molar-refractivity contribution in [3.05, 3.63) is 62.1 Å². The number of rotatable bonds is 11. The molecule has 198 valence electrons. The predicted octanol–water partition coefficient (Wildman–Crippen LogP) is 5.79. The normalized spacial score (nSPS) is 13.1. The third-order valence-corrected chi connectivity index (χ3v) is 7.85. The van der Waals surface area contributed by atoms with Crippen LogP contribution in [-0.2, 0) is 26.2 Å². The lowest BCUT2D eigenvalue weighted by Gasteiger charge is -2.33. The summed E-state index contributed by atoms with van der Waals surface area (Å²) < 4.78 is 26.2. The second-order valence-electron chi connectivity index (χ2n) is 8.41. The Morgan fingerprint density at radius 1 is 0.944 bits per heavy atom. The topological polar surface area (TPSA) is 86.8 Å². The summed E-state index contributed by atoms with van der Waals surface area (Å²) >= 11 is 24.4. The molecule has 36 heavy (non-hydrogen) atoms. The fourth-order valence-electron chi connectivity index (χ4n) is 3.49. The molecular formula is C24H29Cl4N3O4S. The Kier molecular flexibility index (Phi) is 11.2. The Hall–Kier alpha value is -1.71. The molecule has 0 aliphatic carbocycles. The van der Waals surface area contributed by atoms with Crippen LogP contribution in [0.2, 0.25) is 20.1 Å². The van der Waals surface area contributed by atoms with Crippen molar-refractivity contribution in [2.45, 2.75) is 52.2 Å². The molecule has 7 nitrogen and oxygen atoms in total. The number of nitrogens with zero attached hydrogens (tertiary/aromatic N) is 2. The van der Waals surface area contributed by atoms with Crippen LogP contribution in [0.25, 0.3) is 0 Å². The van der Waals surface area contributed by atoms with Crippen LogP contribution in [0.5, 0.6) is 0 Å². The minimum Gasteiger partial charge on any atom is -0.352 e. The summed E-state index contributed by atoms with van der Waals surface area (Å²) in [5, 5.41) is 3.98. The van der Waals surface area contributed by atoms with Gasteiger partial charge in [0.1, 0.15) is 12.6 Å². The van der Waals surface area contributed by atoms with E-state index in [9.17, 15) is 18.0 Å². The number of benzene rings is 2. The maximum absolute atomic E-state index is 13.7. The van der Waals surface area contributed by atoms with Gasteiger partial charge in [-0.15, -0.1) is 0 Å². The molecular weight excluding hydrogens is 568 g/mol. The van der Waals surface area contributed by atoms with Crippen LogP contribution < -0.4 is 9.62 Å². The number of nitrogens with one attached hydrogen (secondary N) is 1. The first-order chi connectivity index (χ1) is 16.8. The average molecular weight is 597 g/mol. The Labute approximate surface area is 232 Å². The molecule has 0 aliphatic rings. The summed E-state index contributed by atoms with van der Waals surface area (Å²) in [6.45, 7) is 5.02. The minimum absolute atomic E-state index is 0.00998. The lowest BCUT2D eigenvalue weighted by atomic mass is 10.1. The van der Waals surface area contributed by atoms with Gasteiger partial charge in [-0.2, -0.15) is 0 Å². The van der Waals surface area contributed by atoms with Gasteiger partial charge in [-0.3, -0.25) is 13.9 Å². The van der Waals surface area contributed by atoms with Crippen LogP contribution in [0.3, 0.4) is 0 Å². The minimum atomic E-state index is -3.91. The number of halogens is 4. The van der Waals surface area contributed by atoms with Gasteiger partial charge >= 0.3 is 0 Å². The van der Waals surface area contributed by atoms with Crippen LogP contribution in [0.1, 0.15) is 39.2 Å². The van der Waals surface area contributed by atoms with Gasteiger partial charge < -0.3 is 10.2 Å². The quantitative estimate of drug-likeness (QED) is 0.356. The van der Waals surface area contributed by atoms with E-state index in [1.807, 2.05) is 13.8 Å². The molecule has 0 saturated carbocycles. The Bertz CT molecular complexity index is 1190. The van der Waals surface area contributed by atoms with Crippen LogP contribution in [-0.4, -0.2) is 50.0 Å². The molecule has 2 atom stereocenters. The van der Waals surface area contributed by atoms with Gasteiger partial charge in [0, 0.05) is 22.6 Å². The molecule has 0 fully saturated rings. The predicted molar refractivity (Wildman–Crippen MR) is 148 cm³/mol. The van der Waals surface area contributed by atoms with E-state index < -0.39 is 28.5 Å². The molecule has 0 radical (unpaired) electrons. The van der Waals surface area contributed by atoms with E-state index in [1.165, 1.54) is 23.1 Å². The molecule has 2 aromatic carbocycles. The van der Waals surface area contributed by atoms with Gasteiger partial charge in [0.05, 0.1) is 22.0 Å². The number of hydrogen-bond acceptors (Lipinski definition) is 4. The van der Waals surface area contributed by atoms with Crippen LogP contribution >= 0.6 is 46.4 Å². The fraction of sp³-hybridized carbons (Fsp3) is 0.417. The van der Waals surface area contributed by atoms with Gasteiger partial charge in [0.2, 0.25) is 21.8 Å². The molecule has 1 N–H and O–H groups in total. The largest absolute Gasteiger partial charge is 0.352 e. The maximum Gasteiger partial charge on any atom is 0.244 e. The average Bonchev–Trinajstić information content (AvgIpc) is 2.77. The molecule has 2 amide bonds. The van der Waals surface area contributed by atoms with E-state index in [0.717, 1.165) is 10.6 Å². The molecule has 0 unspecified atom stereocenters. The lowest BCUT2D eigenvalue weighted by Crippen LogP contribution is -2.53. The zero-order chi connectivity index (χ0) is 27.2. The van der Waals surface area contributed by atoms with Crippen molar-refractivity contribution in [2.24, 2.45) is 0 Å². The molecule has 2 aromatic rings. The first kappa shape index (κ1) is 30.5. The van der Waals surface area contributed by atoms with Crippen molar-refractivity contribution in [2.75, 3.05) is 17.1 Å². The summed E-state index contributed by atoms with van der Waals surface area (Å²) in [6, 6.07) is 8.19. The van der Waals surface area contributed by atoms with Crippen molar-refractivity contribution in [3.8, 4) is 0 Å². The zero-order valence-corrected chi connectivity index (χ0v) is 24.2. The van der Waals surface area contributed by atoms with E-state index in [0.29, 0.717) is 28.5 Å². The van der Waals surface area contributed by atoms with Crippen molar-refractivity contribution in [1.82, 2.24) is 10.2 Å². The summed E-state index contributed by atoms with van der Waals surface area (Å²) in [7, 11) is -3.91. The molecule has 0 bridgehead atoms. The molecule has 0 saturated heterocycles. The molecule has 0 aliphatic heterocycles. The lowest BCUT2D eigenvalue weighted by molar-refractivity contribution is -0.140. The Balaban J connectivity index is 2.50. The molecule has 0 spiro atoms. The number of carbonyl (C=O) groups is 2. The number of amides is 2. The number of hydrogen-bond donors (Lipinski definition) is 1. The van der Waals surface area contributed by atoms with E-state index >= 15 is 0 Å². The summed E-state index contributed by atoms with van der Waals surface area (Å²) in [5.41, 5.74) is 0.763. The van der Waals surface area contributed by atoms with Crippen LogP contribution in [0.15, 0.2) is 36.4 Å². The van der Waals surface area contributed by atoms with Gasteiger partial charge in [0.25, 0.3) is 0 Å². The Morgan fingerprint density at radius 3 is 2.06 bits per heavy atom. The SMILES string of the molecule is CC[C@@H](C)NC(=O)[C@@H](CC)N(Cc1ccc(Cl)c(Cl)c1)C(=O)CN(c1cc(Cl)cc(Cl)c1)S(C)(=O)=O. The van der Waals surface area contributed by atoms with Gasteiger partial charge in [-0.25, -0.2) is 8.42 Å². The van der Waals surface area contributed by atoms with Crippen molar-refractivity contribution >= 4 is 73.9 Å². The van der Waals surface area contributed by atoms with E-state index in [2.05, 4.69) is 5.32 Å². The van der Waals surface area contributed by atoms with Gasteiger partial charge in [0.15, 0.2) is 0 Å². The number of anilines is 1. The monoisotopic (exact) mass is 595 g/mol. The molecule has 12 heteroatoms. The summed E-state index contributed by atoms with van der Waals surface area (Å²) in [6.07, 6.45) is 1.99. The van der Waals surface area contributed by atoms with E-state index in [1.54, 1.807) is 25.1 Å². The third-order valence-electron chi connectivity index (χ3n) is 5.54. The van der Waals surface area contributed by atoms with E-state index in [4.69, 9.17) is 46.4 Å². The first-order valence-corrected chi connectivity index (χ1v) is 14.6. The van der Waals surface area contributed by atoms with Gasteiger partial charge in [-0.05, 0) is 55.7 Å². The third kappa shape index (κ3) is 8.42. The number of sulfonamides is 1. The van der Waals surface area contributed by atoms with E-state index in [-0.39, 0.29) is 34.2 Å². The van der Waals surface area contributed by atoms with Crippen molar-refractivity contribution < 1.29 is 18.0 Å². The highest BCUT2D eigenvalue weighted by molar-refractivity contribution is 7.92. The smallest absolute Gasteiger partial charge is 0.244 e. The fourth-order valence-corrected chi connectivity index (χ4v) is 5.16. The second kappa shape index (κ2) is 13.2. The van der Waals surface area contributed by atoms with Crippen molar-refractivity contribution in [3.63, 3.8) is 0 Å². The standard InChI is InChI=1S/C24H29Cl4N3O4S/c1-5-15(3)29-24(33)22(6-2)30(13-16-7-8-20(27)21(28)9-16)23(32)14-31(36(4,34)35)19-11-17(25)10-18(26)12-19/h7-12,15,22H,5-6,13-14H2,1-4H3,(H,29,33)/t15-,22-/m1/s1. The van der Waals surface area contributed by atoms with Gasteiger partial charge in [-0.1, -0.05) is 66.3 Å².